The molecule has 1 atom stereocenters. The molecule has 8 heteroatoms. The van der Waals surface area contributed by atoms with Gasteiger partial charge in [0.1, 0.15) is 5.75 Å². The van der Waals surface area contributed by atoms with Gasteiger partial charge in [-0.25, -0.2) is 13.1 Å². The lowest BCUT2D eigenvalue weighted by atomic mass is 10.3. The van der Waals surface area contributed by atoms with Crippen molar-refractivity contribution in [2.75, 3.05) is 13.7 Å². The lowest BCUT2D eigenvalue weighted by molar-refractivity contribution is -0.308. The smallest absolute Gasteiger partial charge is 0.241 e. The Balaban J connectivity index is 2.95. The summed E-state index contributed by atoms with van der Waals surface area (Å²) in [7, 11) is -2.60. The Morgan fingerprint density at radius 3 is 2.39 bits per heavy atom. The Kier molecular flexibility index (Phi) is 4.65. The first kappa shape index (κ1) is 14.4. The summed E-state index contributed by atoms with van der Waals surface area (Å²) in [6.45, 7) is -0.891. The van der Waals surface area contributed by atoms with E-state index in [-0.39, 0.29) is 4.90 Å². The number of aliphatic hydroxyl groups excluding tert-OH is 1. The van der Waals surface area contributed by atoms with Crippen molar-refractivity contribution in [3.05, 3.63) is 24.3 Å². The van der Waals surface area contributed by atoms with Crippen molar-refractivity contribution < 1.29 is 28.2 Å². The molecule has 0 amide bonds. The van der Waals surface area contributed by atoms with Gasteiger partial charge in [0.2, 0.25) is 10.0 Å². The fraction of sp³-hybridized carbons (Fsp3) is 0.300. The molecule has 0 bridgehead atoms. The van der Waals surface area contributed by atoms with Crippen LogP contribution in [0.3, 0.4) is 0 Å². The Bertz CT molecular complexity index is 510. The third-order valence-electron chi connectivity index (χ3n) is 2.13. The number of hydrogen-bond acceptors (Lipinski definition) is 6. The van der Waals surface area contributed by atoms with Crippen LogP contribution in [0.2, 0.25) is 0 Å². The van der Waals surface area contributed by atoms with Crippen LogP contribution in [0, 0.1) is 0 Å². The molecule has 0 aliphatic heterocycles. The first-order valence-corrected chi connectivity index (χ1v) is 6.37. The van der Waals surface area contributed by atoms with Gasteiger partial charge in [0, 0.05) is 0 Å². The second kappa shape index (κ2) is 5.80. The number of carboxylic acids is 1. The molecule has 100 valence electrons. The van der Waals surface area contributed by atoms with Crippen molar-refractivity contribution >= 4 is 16.0 Å². The van der Waals surface area contributed by atoms with Gasteiger partial charge in [-0.05, 0) is 24.3 Å². The number of carbonyl (C=O) groups excluding carboxylic acids is 1. The summed E-state index contributed by atoms with van der Waals surface area (Å²) in [6.07, 6.45) is 0. The van der Waals surface area contributed by atoms with Crippen LogP contribution in [0.5, 0.6) is 5.75 Å². The number of carboxylic acid groups (broad SMARTS) is 1. The summed E-state index contributed by atoms with van der Waals surface area (Å²) in [6, 6.07) is 3.66. The Morgan fingerprint density at radius 1 is 1.44 bits per heavy atom. The maximum Gasteiger partial charge on any atom is 0.241 e. The van der Waals surface area contributed by atoms with Gasteiger partial charge in [-0.3, -0.25) is 0 Å². The van der Waals surface area contributed by atoms with Crippen LogP contribution in [0.15, 0.2) is 29.2 Å². The van der Waals surface area contributed by atoms with E-state index in [1.165, 1.54) is 31.4 Å². The summed E-state index contributed by atoms with van der Waals surface area (Å²) in [4.78, 5) is 10.4. The third kappa shape index (κ3) is 3.42. The highest BCUT2D eigenvalue weighted by Crippen LogP contribution is 2.15. The van der Waals surface area contributed by atoms with Gasteiger partial charge in [-0.1, -0.05) is 0 Å². The van der Waals surface area contributed by atoms with Crippen LogP contribution < -0.4 is 14.6 Å². The van der Waals surface area contributed by atoms with E-state index in [9.17, 15) is 18.3 Å². The largest absolute Gasteiger partial charge is 0.548 e. The van der Waals surface area contributed by atoms with E-state index in [0.717, 1.165) is 0 Å². The Hall–Kier alpha value is -1.64. The van der Waals surface area contributed by atoms with E-state index in [0.29, 0.717) is 5.75 Å². The second-order valence-corrected chi connectivity index (χ2v) is 5.06. The van der Waals surface area contributed by atoms with E-state index in [2.05, 4.69) is 0 Å². The van der Waals surface area contributed by atoms with E-state index < -0.39 is 28.6 Å². The molecule has 18 heavy (non-hydrogen) atoms. The third-order valence-corrected chi connectivity index (χ3v) is 3.62. The number of methoxy groups -OCH3 is 1. The summed E-state index contributed by atoms with van der Waals surface area (Å²) in [5.41, 5.74) is 0. The van der Waals surface area contributed by atoms with E-state index in [1.54, 1.807) is 0 Å². The quantitative estimate of drug-likeness (QED) is 0.625. The number of carbonyl (C=O) groups is 1. The summed E-state index contributed by atoms with van der Waals surface area (Å²) in [5, 5.41) is 19.2. The molecule has 0 aliphatic rings. The monoisotopic (exact) mass is 274 g/mol. The van der Waals surface area contributed by atoms with Crippen LogP contribution in [0.25, 0.3) is 0 Å². The number of ether oxygens (including phenoxy) is 1. The van der Waals surface area contributed by atoms with Gasteiger partial charge >= 0.3 is 0 Å². The van der Waals surface area contributed by atoms with Crippen molar-refractivity contribution in [1.29, 1.82) is 0 Å². The molecule has 1 aromatic rings. The topological polar surface area (TPSA) is 116 Å². The number of rotatable bonds is 6. The summed E-state index contributed by atoms with van der Waals surface area (Å²) >= 11 is 0. The molecule has 2 N–H and O–H groups in total. The summed E-state index contributed by atoms with van der Waals surface area (Å²) in [5.74, 6) is -1.23. The number of aliphatic carboxylic acids is 1. The molecule has 0 saturated heterocycles. The highest BCUT2D eigenvalue weighted by molar-refractivity contribution is 7.89. The maximum absolute atomic E-state index is 11.8. The van der Waals surface area contributed by atoms with Crippen LogP contribution in [0.4, 0.5) is 0 Å². The molecule has 0 fully saturated rings. The normalized spacial score (nSPS) is 13.0. The van der Waals surface area contributed by atoms with Crippen molar-refractivity contribution in [3.63, 3.8) is 0 Å². The standard InChI is InChI=1S/C10H13NO6S/c1-17-7-2-4-8(5-3-7)18(15,16)11-9(6-12)10(13)14/h2-5,9,11-12H,6H2,1H3,(H,13,14)/p-1/t9-/m0/s1. The molecule has 1 aromatic carbocycles. The zero-order valence-corrected chi connectivity index (χ0v) is 10.3. The lowest BCUT2D eigenvalue weighted by Gasteiger charge is -2.17. The molecular formula is C10H12NO6S-. The second-order valence-electron chi connectivity index (χ2n) is 3.35. The van der Waals surface area contributed by atoms with Gasteiger partial charge in [-0.15, -0.1) is 0 Å². The number of aliphatic hydroxyl groups is 1. The minimum Gasteiger partial charge on any atom is -0.548 e. The predicted molar refractivity (Wildman–Crippen MR) is 59.2 cm³/mol. The van der Waals surface area contributed by atoms with Gasteiger partial charge < -0.3 is 19.7 Å². The van der Waals surface area contributed by atoms with Crippen molar-refractivity contribution in [1.82, 2.24) is 4.72 Å². The van der Waals surface area contributed by atoms with E-state index in [4.69, 9.17) is 9.84 Å². The average molecular weight is 274 g/mol. The molecule has 0 radical (unpaired) electrons. The molecule has 0 spiro atoms. The molecule has 7 nitrogen and oxygen atoms in total. The lowest BCUT2D eigenvalue weighted by Crippen LogP contribution is -2.49. The fourth-order valence-corrected chi connectivity index (χ4v) is 2.35. The van der Waals surface area contributed by atoms with Crippen molar-refractivity contribution in [3.8, 4) is 5.75 Å². The fourth-order valence-electron chi connectivity index (χ4n) is 1.17. The van der Waals surface area contributed by atoms with E-state index >= 15 is 0 Å². The molecule has 0 unspecified atom stereocenters. The minimum absolute atomic E-state index is 0.136. The first-order valence-electron chi connectivity index (χ1n) is 4.89. The van der Waals surface area contributed by atoms with Crippen LogP contribution in [-0.4, -0.2) is 39.3 Å². The SMILES string of the molecule is COc1ccc(S(=O)(=O)N[C@@H](CO)C(=O)[O-])cc1. The highest BCUT2D eigenvalue weighted by Gasteiger charge is 2.20. The van der Waals surface area contributed by atoms with Gasteiger partial charge in [0.15, 0.2) is 0 Å². The molecule has 0 aliphatic carbocycles. The van der Waals surface area contributed by atoms with Crippen LogP contribution in [-0.2, 0) is 14.8 Å². The molecule has 0 heterocycles. The maximum atomic E-state index is 11.8. The number of sulfonamides is 1. The van der Waals surface area contributed by atoms with E-state index in [1.807, 2.05) is 4.72 Å². The average Bonchev–Trinajstić information content (AvgIpc) is 2.35. The molecule has 0 aromatic heterocycles. The van der Waals surface area contributed by atoms with Crippen LogP contribution in [0.1, 0.15) is 0 Å². The molecule has 0 saturated carbocycles. The minimum atomic E-state index is -4.03. The molecular weight excluding hydrogens is 262 g/mol. The number of benzene rings is 1. The van der Waals surface area contributed by atoms with Gasteiger partial charge in [0.25, 0.3) is 0 Å². The van der Waals surface area contributed by atoms with Crippen molar-refractivity contribution in [2.45, 2.75) is 10.9 Å². The Morgan fingerprint density at radius 2 is 2.00 bits per heavy atom. The zero-order chi connectivity index (χ0) is 13.8. The zero-order valence-electron chi connectivity index (χ0n) is 9.49. The van der Waals surface area contributed by atoms with Gasteiger partial charge in [0.05, 0.1) is 30.6 Å². The first-order chi connectivity index (χ1) is 8.40. The van der Waals surface area contributed by atoms with Crippen molar-refractivity contribution in [2.24, 2.45) is 0 Å². The summed E-state index contributed by atoms with van der Waals surface area (Å²) < 4.78 is 30.2. The van der Waals surface area contributed by atoms with Crippen LogP contribution >= 0.6 is 0 Å². The number of nitrogens with one attached hydrogen (secondary N) is 1. The van der Waals surface area contributed by atoms with Gasteiger partial charge in [-0.2, -0.15) is 0 Å². The predicted octanol–water partition coefficient (Wildman–Crippen LogP) is -1.92. The number of hydrogen-bond donors (Lipinski definition) is 2. The highest BCUT2D eigenvalue weighted by atomic mass is 32.2. The Labute approximate surface area is 104 Å². The molecule has 1 rings (SSSR count).